The van der Waals surface area contributed by atoms with Crippen LogP contribution in [0.25, 0.3) is 0 Å². The van der Waals surface area contributed by atoms with Crippen molar-refractivity contribution in [1.82, 2.24) is 0 Å². The van der Waals surface area contributed by atoms with E-state index >= 15 is 0 Å². The van der Waals surface area contributed by atoms with Crippen molar-refractivity contribution in [3.05, 3.63) is 62.1 Å². The molecule has 0 radical (unpaired) electrons. The maximum atomic E-state index is 12.7. The summed E-state index contributed by atoms with van der Waals surface area (Å²) in [5.41, 5.74) is 1.44. The summed E-state index contributed by atoms with van der Waals surface area (Å²) in [6, 6.07) is 9.56. The van der Waals surface area contributed by atoms with Crippen molar-refractivity contribution in [3.8, 4) is 5.75 Å². The lowest BCUT2D eigenvalue weighted by Crippen LogP contribution is -2.15. The molecule has 2 aromatic carbocycles. The molecule has 0 bridgehead atoms. The summed E-state index contributed by atoms with van der Waals surface area (Å²) in [6.45, 7) is 4.36. The van der Waals surface area contributed by atoms with Crippen LogP contribution in [-0.2, 0) is 0 Å². The average Bonchev–Trinajstić information content (AvgIpc) is 2.58. The minimum Gasteiger partial charge on any atom is -0.493 e. The third-order valence-corrected chi connectivity index (χ3v) is 4.12. The first-order valence-corrected chi connectivity index (χ1v) is 8.70. The molecule has 0 heterocycles. The first-order chi connectivity index (χ1) is 11.9. The van der Waals surface area contributed by atoms with E-state index in [0.717, 1.165) is 22.9 Å². The van der Waals surface area contributed by atoms with Crippen LogP contribution in [0.2, 0.25) is 0 Å². The molecule has 0 aliphatic carbocycles. The molecule has 132 valence electrons. The van der Waals surface area contributed by atoms with Gasteiger partial charge in [0.2, 0.25) is 0 Å². The molecule has 0 aliphatic heterocycles. The van der Waals surface area contributed by atoms with Crippen molar-refractivity contribution >= 4 is 33.2 Å². The Morgan fingerprint density at radius 2 is 2.04 bits per heavy atom. The van der Waals surface area contributed by atoms with E-state index in [9.17, 15) is 14.9 Å². The zero-order valence-corrected chi connectivity index (χ0v) is 15.6. The van der Waals surface area contributed by atoms with Gasteiger partial charge in [0.1, 0.15) is 5.75 Å². The Morgan fingerprint density at radius 3 is 2.72 bits per heavy atom. The number of nitro groups is 1. The molecule has 0 saturated carbocycles. The normalized spacial score (nSPS) is 10.4. The van der Waals surface area contributed by atoms with Gasteiger partial charge >= 0.3 is 0 Å². The number of unbranched alkanes of at least 4 members (excludes halogenated alkanes) is 1. The van der Waals surface area contributed by atoms with Gasteiger partial charge in [-0.25, -0.2) is 0 Å². The fourth-order valence-corrected chi connectivity index (χ4v) is 2.54. The number of carbonyl (C=O) groups is 1. The average molecular weight is 407 g/mol. The highest BCUT2D eigenvalue weighted by Crippen LogP contribution is 2.27. The smallest absolute Gasteiger partial charge is 0.271 e. The molecule has 1 amide bonds. The molecule has 2 aromatic rings. The third kappa shape index (κ3) is 5.03. The van der Waals surface area contributed by atoms with Gasteiger partial charge < -0.3 is 10.1 Å². The van der Waals surface area contributed by atoms with Gasteiger partial charge in [0.05, 0.1) is 22.8 Å². The van der Waals surface area contributed by atoms with Crippen molar-refractivity contribution in [1.29, 1.82) is 0 Å². The molecular formula is C18H19BrN2O4. The van der Waals surface area contributed by atoms with Gasteiger partial charge in [0.25, 0.3) is 11.6 Å². The first kappa shape index (κ1) is 18.9. The number of anilines is 1. The molecule has 0 aromatic heterocycles. The standard InChI is InChI=1S/C18H19BrN2O4/c1-3-4-9-25-17-8-6-13(19)10-15(17)18(22)20-16-11-14(21(23)24)7-5-12(16)2/h5-8,10-11H,3-4,9H2,1-2H3,(H,20,22). The van der Waals surface area contributed by atoms with Crippen molar-refractivity contribution in [2.45, 2.75) is 26.7 Å². The van der Waals surface area contributed by atoms with Gasteiger partial charge in [-0.1, -0.05) is 35.3 Å². The van der Waals surface area contributed by atoms with Crippen LogP contribution >= 0.6 is 15.9 Å². The third-order valence-electron chi connectivity index (χ3n) is 3.62. The summed E-state index contributed by atoms with van der Waals surface area (Å²) >= 11 is 3.35. The Bertz CT molecular complexity index is 793. The molecule has 0 spiro atoms. The van der Waals surface area contributed by atoms with E-state index in [2.05, 4.69) is 28.2 Å². The molecule has 7 heteroatoms. The van der Waals surface area contributed by atoms with Crippen LogP contribution < -0.4 is 10.1 Å². The fraction of sp³-hybridized carbons (Fsp3) is 0.278. The second-order valence-corrected chi connectivity index (χ2v) is 6.47. The number of nitrogens with zero attached hydrogens (tertiary/aromatic N) is 1. The predicted octanol–water partition coefficient (Wildman–Crippen LogP) is 5.10. The number of hydrogen-bond acceptors (Lipinski definition) is 4. The predicted molar refractivity (Wildman–Crippen MR) is 100 cm³/mol. The van der Waals surface area contributed by atoms with Crippen LogP contribution in [0.3, 0.4) is 0 Å². The van der Waals surface area contributed by atoms with E-state index in [-0.39, 0.29) is 11.6 Å². The lowest BCUT2D eigenvalue weighted by molar-refractivity contribution is -0.384. The highest BCUT2D eigenvalue weighted by Gasteiger charge is 2.16. The van der Waals surface area contributed by atoms with Crippen LogP contribution in [-0.4, -0.2) is 17.4 Å². The van der Waals surface area contributed by atoms with E-state index < -0.39 is 4.92 Å². The van der Waals surface area contributed by atoms with Crippen molar-refractivity contribution in [2.24, 2.45) is 0 Å². The summed E-state index contributed by atoms with van der Waals surface area (Å²) in [5, 5.41) is 13.7. The van der Waals surface area contributed by atoms with Crippen LogP contribution in [0.15, 0.2) is 40.9 Å². The fourth-order valence-electron chi connectivity index (χ4n) is 2.18. The molecule has 0 atom stereocenters. The lowest BCUT2D eigenvalue weighted by Gasteiger charge is -2.13. The Balaban J connectivity index is 2.27. The minimum absolute atomic E-state index is 0.0745. The van der Waals surface area contributed by atoms with E-state index in [1.807, 2.05) is 0 Å². The van der Waals surface area contributed by atoms with E-state index in [1.54, 1.807) is 31.2 Å². The second kappa shape index (κ2) is 8.62. The monoisotopic (exact) mass is 406 g/mol. The number of aryl methyl sites for hydroxylation is 1. The van der Waals surface area contributed by atoms with Crippen LogP contribution in [0.5, 0.6) is 5.75 Å². The van der Waals surface area contributed by atoms with E-state index in [0.29, 0.717) is 23.6 Å². The zero-order valence-electron chi connectivity index (χ0n) is 14.0. The summed E-state index contributed by atoms with van der Waals surface area (Å²) in [7, 11) is 0. The number of benzene rings is 2. The van der Waals surface area contributed by atoms with Gasteiger partial charge in [-0.2, -0.15) is 0 Å². The lowest BCUT2D eigenvalue weighted by atomic mass is 10.1. The SMILES string of the molecule is CCCCOc1ccc(Br)cc1C(=O)Nc1cc([N+](=O)[O-])ccc1C. The molecule has 0 fully saturated rings. The van der Waals surface area contributed by atoms with Gasteiger partial charge in [-0.15, -0.1) is 0 Å². The second-order valence-electron chi connectivity index (χ2n) is 5.55. The van der Waals surface area contributed by atoms with E-state index in [4.69, 9.17) is 4.74 Å². The van der Waals surface area contributed by atoms with Crippen molar-refractivity contribution in [3.63, 3.8) is 0 Å². The molecule has 25 heavy (non-hydrogen) atoms. The van der Waals surface area contributed by atoms with Crippen LogP contribution in [0.1, 0.15) is 35.7 Å². The summed E-state index contributed by atoms with van der Waals surface area (Å²) in [5.74, 6) is 0.105. The topological polar surface area (TPSA) is 81.5 Å². The van der Waals surface area contributed by atoms with Gasteiger partial charge in [-0.3, -0.25) is 14.9 Å². The van der Waals surface area contributed by atoms with Gasteiger partial charge in [-0.05, 0) is 37.1 Å². The first-order valence-electron chi connectivity index (χ1n) is 7.91. The number of hydrogen-bond donors (Lipinski definition) is 1. The largest absolute Gasteiger partial charge is 0.493 e. The quantitative estimate of drug-likeness (QED) is 0.394. The Morgan fingerprint density at radius 1 is 1.28 bits per heavy atom. The van der Waals surface area contributed by atoms with Crippen molar-refractivity contribution < 1.29 is 14.5 Å². The number of ether oxygens (including phenoxy) is 1. The zero-order chi connectivity index (χ0) is 18.4. The van der Waals surface area contributed by atoms with Crippen molar-refractivity contribution in [2.75, 3.05) is 11.9 Å². The molecule has 2 rings (SSSR count). The Kier molecular flexibility index (Phi) is 6.52. The molecule has 0 unspecified atom stereocenters. The molecule has 1 N–H and O–H groups in total. The molecular weight excluding hydrogens is 388 g/mol. The molecule has 0 saturated heterocycles. The Labute approximate surface area is 154 Å². The summed E-state index contributed by atoms with van der Waals surface area (Å²) in [6.07, 6.45) is 1.88. The number of halogens is 1. The number of nitrogens with one attached hydrogen (secondary N) is 1. The number of carbonyl (C=O) groups excluding carboxylic acids is 1. The van der Waals surface area contributed by atoms with E-state index in [1.165, 1.54) is 12.1 Å². The van der Waals surface area contributed by atoms with Gasteiger partial charge in [0.15, 0.2) is 0 Å². The maximum absolute atomic E-state index is 12.7. The summed E-state index contributed by atoms with van der Waals surface area (Å²) in [4.78, 5) is 23.1. The molecule has 6 nitrogen and oxygen atoms in total. The molecule has 0 aliphatic rings. The van der Waals surface area contributed by atoms with Crippen LogP contribution in [0, 0.1) is 17.0 Å². The highest BCUT2D eigenvalue weighted by molar-refractivity contribution is 9.10. The number of amides is 1. The minimum atomic E-state index is -0.493. The number of rotatable bonds is 7. The van der Waals surface area contributed by atoms with Crippen LogP contribution in [0.4, 0.5) is 11.4 Å². The maximum Gasteiger partial charge on any atom is 0.271 e. The number of nitro benzene ring substituents is 1. The van der Waals surface area contributed by atoms with Gasteiger partial charge in [0, 0.05) is 16.6 Å². The Hall–Kier alpha value is -2.41. The highest BCUT2D eigenvalue weighted by atomic mass is 79.9. The summed E-state index contributed by atoms with van der Waals surface area (Å²) < 4.78 is 6.44. The number of non-ortho nitro benzene ring substituents is 1.